The van der Waals surface area contributed by atoms with Crippen LogP contribution < -0.4 is 26.4 Å². The zero-order valence-corrected chi connectivity index (χ0v) is 41.3. The highest BCUT2D eigenvalue weighted by molar-refractivity contribution is 5.98. The summed E-state index contributed by atoms with van der Waals surface area (Å²) in [6.07, 6.45) is 6.01. The second kappa shape index (κ2) is 27.7. The van der Waals surface area contributed by atoms with Gasteiger partial charge in [-0.05, 0) is 87.4 Å². The lowest BCUT2D eigenvalue weighted by Gasteiger charge is -2.41. The summed E-state index contributed by atoms with van der Waals surface area (Å²) in [6.45, 7) is 11.6. The van der Waals surface area contributed by atoms with E-state index in [0.29, 0.717) is 63.8 Å². The molecule has 2 atom stereocenters. The summed E-state index contributed by atoms with van der Waals surface area (Å²) in [5, 5.41) is 24.1. The maximum absolute atomic E-state index is 13.9. The molecule has 0 spiro atoms. The zero-order valence-electron chi connectivity index (χ0n) is 41.3. The molecule has 382 valence electrons. The van der Waals surface area contributed by atoms with Crippen molar-refractivity contribution in [2.75, 3.05) is 77.7 Å². The monoisotopic (exact) mass is 980 g/mol. The molecular formula is C52H71N10O9+. The lowest BCUT2D eigenvalue weighted by molar-refractivity contribution is -0.945. The molecule has 1 aliphatic rings. The minimum Gasteiger partial charge on any atom is -0.488 e. The van der Waals surface area contributed by atoms with E-state index < -0.39 is 18.0 Å². The van der Waals surface area contributed by atoms with Crippen LogP contribution in [0.2, 0.25) is 0 Å². The predicted octanol–water partition coefficient (Wildman–Crippen LogP) is 6.12. The lowest BCUT2D eigenvalue weighted by Crippen LogP contribution is -2.52. The molecule has 19 heteroatoms. The van der Waals surface area contributed by atoms with Crippen LogP contribution in [0.5, 0.6) is 5.75 Å². The van der Waals surface area contributed by atoms with Crippen molar-refractivity contribution in [1.29, 1.82) is 0 Å². The van der Waals surface area contributed by atoms with Gasteiger partial charge in [-0.2, -0.15) is 10.2 Å². The Morgan fingerprint density at radius 1 is 0.817 bits per heavy atom. The fourth-order valence-corrected chi connectivity index (χ4v) is 8.83. The number of nitrogens with two attached hydrogens (primary N) is 1. The minimum atomic E-state index is -0.809. The standard InChI is InChI=1S/C52H70N10O9/c1-36(2)48(58-47(65)19-25-69-28-30-70-29-27-68-24-18-37(3)63)46(64)33-41(10-8-20-54-52(53)67)51(66)57-42-15-12-38(13-16-42)34-62(21-5-4-6-22-62)23-26-71-43-11-7-9-39(31-43)49-44-32-40(50-55-35-56-61-50)14-17-45(44)59-60-49/h7,9,11-17,31-32,35-36,41,48H,4-6,8,10,18-30,33-34H2,1-3H3,(H6-,53,54,55,56,57,58,59,60,61,65,66,67)/p+1/t41-,48+/m1/s1. The van der Waals surface area contributed by atoms with Crippen molar-refractivity contribution in [3.05, 3.63) is 78.6 Å². The molecule has 0 aliphatic carbocycles. The highest BCUT2D eigenvalue weighted by Crippen LogP contribution is 2.32. The number of carbonyl (C=O) groups is 5. The van der Waals surface area contributed by atoms with Crippen molar-refractivity contribution in [3.8, 4) is 28.4 Å². The Morgan fingerprint density at radius 2 is 1.55 bits per heavy atom. The highest BCUT2D eigenvalue weighted by Gasteiger charge is 2.32. The van der Waals surface area contributed by atoms with Crippen molar-refractivity contribution < 1.29 is 47.4 Å². The number of benzene rings is 3. The Balaban J connectivity index is 0.998. The summed E-state index contributed by atoms with van der Waals surface area (Å²) in [6, 6.07) is 20.5. The van der Waals surface area contributed by atoms with Crippen molar-refractivity contribution >= 4 is 46.0 Å². The summed E-state index contributed by atoms with van der Waals surface area (Å²) in [7, 11) is 0. The first-order valence-electron chi connectivity index (χ1n) is 24.8. The van der Waals surface area contributed by atoms with Crippen LogP contribution in [0.1, 0.15) is 77.7 Å². The number of fused-ring (bicyclic) bond motifs is 1. The number of urea groups is 1. The molecule has 19 nitrogen and oxygen atoms in total. The highest BCUT2D eigenvalue weighted by atomic mass is 16.5. The molecule has 4 amide bonds. The number of aromatic amines is 2. The number of rotatable bonds is 31. The number of H-pyrrole nitrogens is 2. The van der Waals surface area contributed by atoms with Crippen molar-refractivity contribution in [2.45, 2.75) is 84.7 Å². The Kier molecular flexibility index (Phi) is 21.0. The number of ether oxygens (including phenoxy) is 4. The SMILES string of the molecule is CC(=O)CCOCCOCCOCCC(=O)N[C@H](C(=O)C[C@@H](CCCNC(N)=O)C(=O)Nc1ccc(C[N+]2(CCOc3cccc(-c4n[nH]c5ccc(-c6ncn[nH]6)cc45)c3)CCCCC2)cc1)C(C)C. The maximum atomic E-state index is 13.9. The second-order valence-electron chi connectivity index (χ2n) is 18.6. The zero-order chi connectivity index (χ0) is 50.4. The number of quaternary nitrogens is 1. The summed E-state index contributed by atoms with van der Waals surface area (Å²) < 4.78 is 23.7. The van der Waals surface area contributed by atoms with Gasteiger partial charge in [-0.3, -0.25) is 29.4 Å². The van der Waals surface area contributed by atoms with Gasteiger partial charge in [-0.1, -0.05) is 38.1 Å². The van der Waals surface area contributed by atoms with Crippen LogP contribution in [-0.4, -0.2) is 138 Å². The molecule has 0 bridgehead atoms. The van der Waals surface area contributed by atoms with Crippen molar-refractivity contribution in [3.63, 3.8) is 0 Å². The lowest BCUT2D eigenvalue weighted by atomic mass is 9.89. The molecular weight excluding hydrogens is 909 g/mol. The number of Topliss-reactive ketones (excluding diaryl/α,β-unsaturated/α-hetero) is 2. The van der Waals surface area contributed by atoms with E-state index in [2.05, 4.69) is 47.4 Å². The third-order valence-corrected chi connectivity index (χ3v) is 12.7. The first-order valence-corrected chi connectivity index (χ1v) is 24.8. The van der Waals surface area contributed by atoms with Gasteiger partial charge in [0.1, 0.15) is 43.3 Å². The molecule has 3 aromatic carbocycles. The normalized spacial score (nSPS) is 14.2. The number of nitrogens with zero attached hydrogens (tertiary/aromatic N) is 4. The van der Waals surface area contributed by atoms with Gasteiger partial charge in [0.2, 0.25) is 11.8 Å². The number of aromatic nitrogens is 5. The van der Waals surface area contributed by atoms with E-state index in [1.165, 1.54) is 19.7 Å². The summed E-state index contributed by atoms with van der Waals surface area (Å²) in [5.41, 5.74) is 10.6. The Hall–Kier alpha value is -6.54. The molecule has 0 unspecified atom stereocenters. The van der Waals surface area contributed by atoms with E-state index in [-0.39, 0.29) is 61.9 Å². The van der Waals surface area contributed by atoms with Crippen LogP contribution in [0.15, 0.2) is 73.1 Å². The van der Waals surface area contributed by atoms with Crippen LogP contribution >= 0.6 is 0 Å². The molecule has 0 radical (unpaired) electrons. The van der Waals surface area contributed by atoms with Crippen LogP contribution in [0.4, 0.5) is 10.5 Å². The van der Waals surface area contributed by atoms with Gasteiger partial charge in [0.05, 0.1) is 64.3 Å². The first kappa shape index (κ1) is 53.8. The van der Waals surface area contributed by atoms with Gasteiger partial charge in [-0.25, -0.2) is 9.78 Å². The van der Waals surface area contributed by atoms with Crippen LogP contribution in [0, 0.1) is 11.8 Å². The molecule has 5 aromatic rings. The molecule has 1 aliphatic heterocycles. The number of anilines is 1. The van der Waals surface area contributed by atoms with Gasteiger partial charge < -0.3 is 45.1 Å². The van der Waals surface area contributed by atoms with Crippen molar-refractivity contribution in [1.82, 2.24) is 36.0 Å². The molecule has 6 rings (SSSR count). The Bertz CT molecular complexity index is 2470. The topological polar surface area (TPSA) is 255 Å². The van der Waals surface area contributed by atoms with Gasteiger partial charge in [0.25, 0.3) is 0 Å². The van der Waals surface area contributed by atoms with E-state index in [0.717, 1.165) is 82.5 Å². The number of likely N-dealkylation sites (tertiary alicyclic amines) is 1. The van der Waals surface area contributed by atoms with Gasteiger partial charge in [0.15, 0.2) is 11.6 Å². The fraction of sp³-hybridized carbons (Fsp3) is 0.500. The minimum absolute atomic E-state index is 0.0467. The maximum Gasteiger partial charge on any atom is 0.312 e. The number of hydrogen-bond acceptors (Lipinski definition) is 12. The predicted molar refractivity (Wildman–Crippen MR) is 269 cm³/mol. The number of piperidine rings is 1. The molecule has 0 saturated carbocycles. The fourth-order valence-electron chi connectivity index (χ4n) is 8.83. The summed E-state index contributed by atoms with van der Waals surface area (Å²) in [4.78, 5) is 67.2. The average molecular weight is 980 g/mol. The second-order valence-corrected chi connectivity index (χ2v) is 18.6. The number of carbonyl (C=O) groups excluding carboxylic acids is 5. The molecule has 1 saturated heterocycles. The summed E-state index contributed by atoms with van der Waals surface area (Å²) >= 11 is 0. The number of amides is 4. The molecule has 3 heterocycles. The van der Waals surface area contributed by atoms with E-state index in [1.807, 2.05) is 74.5 Å². The van der Waals surface area contributed by atoms with E-state index >= 15 is 0 Å². The Labute approximate surface area is 415 Å². The van der Waals surface area contributed by atoms with Gasteiger partial charge in [0, 0.05) is 59.5 Å². The van der Waals surface area contributed by atoms with Crippen LogP contribution in [0.25, 0.3) is 33.5 Å². The molecule has 2 aromatic heterocycles. The van der Waals surface area contributed by atoms with E-state index in [4.69, 9.17) is 24.7 Å². The smallest absolute Gasteiger partial charge is 0.312 e. The van der Waals surface area contributed by atoms with Gasteiger partial charge >= 0.3 is 6.03 Å². The van der Waals surface area contributed by atoms with E-state index in [9.17, 15) is 24.0 Å². The molecule has 71 heavy (non-hydrogen) atoms. The first-order chi connectivity index (χ1) is 34.4. The number of hydrogen-bond donors (Lipinski definition) is 6. The molecule has 1 fully saturated rings. The van der Waals surface area contributed by atoms with Crippen LogP contribution in [-0.2, 0) is 39.9 Å². The van der Waals surface area contributed by atoms with Crippen LogP contribution in [0.3, 0.4) is 0 Å². The quantitative estimate of drug-likeness (QED) is 0.0217. The third-order valence-electron chi connectivity index (χ3n) is 12.7. The largest absolute Gasteiger partial charge is 0.488 e. The third kappa shape index (κ3) is 17.4. The number of nitrogens with one attached hydrogen (secondary N) is 5. The van der Waals surface area contributed by atoms with Crippen molar-refractivity contribution in [2.24, 2.45) is 17.6 Å². The van der Waals surface area contributed by atoms with Gasteiger partial charge in [-0.15, -0.1) is 0 Å². The number of ketones is 2. The summed E-state index contributed by atoms with van der Waals surface area (Å²) in [5.74, 6) is -0.345. The average Bonchev–Trinajstić information content (AvgIpc) is 4.05. The van der Waals surface area contributed by atoms with E-state index in [1.54, 1.807) is 0 Å². The Morgan fingerprint density at radius 3 is 2.24 bits per heavy atom. The molecule has 7 N–H and O–H groups in total. The number of primary amides is 1.